The Labute approximate surface area is 113 Å². The van der Waals surface area contributed by atoms with Crippen LogP contribution in [0.4, 0.5) is 0 Å². The maximum Gasteiger partial charge on any atom is 0.0249 e. The van der Waals surface area contributed by atoms with Crippen molar-refractivity contribution >= 4 is 0 Å². The van der Waals surface area contributed by atoms with E-state index in [1.807, 2.05) is 0 Å². The molecule has 2 nitrogen and oxygen atoms in total. The van der Waals surface area contributed by atoms with Crippen LogP contribution in [0.25, 0.3) is 0 Å². The summed E-state index contributed by atoms with van der Waals surface area (Å²) in [7, 11) is 4.47. The van der Waals surface area contributed by atoms with Gasteiger partial charge in [-0.1, -0.05) is 0 Å². The topological polar surface area (TPSA) is 15.3 Å². The maximum absolute atomic E-state index is 3.46. The highest BCUT2D eigenvalue weighted by Gasteiger charge is 2.52. The van der Waals surface area contributed by atoms with E-state index in [9.17, 15) is 0 Å². The second kappa shape index (κ2) is 4.21. The van der Waals surface area contributed by atoms with E-state index in [0.717, 1.165) is 17.8 Å². The van der Waals surface area contributed by atoms with Gasteiger partial charge in [0.1, 0.15) is 0 Å². The van der Waals surface area contributed by atoms with Crippen molar-refractivity contribution in [1.82, 2.24) is 10.2 Å². The minimum Gasteiger partial charge on any atom is -0.314 e. The third-order valence-corrected chi connectivity index (χ3v) is 6.12. The second-order valence-corrected chi connectivity index (χ2v) is 8.13. The molecule has 4 aliphatic carbocycles. The van der Waals surface area contributed by atoms with Crippen molar-refractivity contribution in [2.24, 2.45) is 17.8 Å². The highest BCUT2D eigenvalue weighted by molar-refractivity contribution is 5.07. The van der Waals surface area contributed by atoms with Gasteiger partial charge >= 0.3 is 0 Å². The summed E-state index contributed by atoms with van der Waals surface area (Å²) >= 11 is 0. The molecule has 0 aromatic heterocycles. The van der Waals surface area contributed by atoms with Crippen molar-refractivity contribution in [2.75, 3.05) is 20.6 Å². The third kappa shape index (κ3) is 2.12. The van der Waals surface area contributed by atoms with E-state index < -0.39 is 0 Å². The molecular formula is C16H30N2. The molecule has 4 fully saturated rings. The lowest BCUT2D eigenvalue weighted by molar-refractivity contribution is -0.0845. The molecule has 104 valence electrons. The smallest absolute Gasteiger partial charge is 0.0249 e. The first-order valence-electron chi connectivity index (χ1n) is 7.83. The molecule has 4 aliphatic rings. The summed E-state index contributed by atoms with van der Waals surface area (Å²) in [6.07, 6.45) is 9.08. The van der Waals surface area contributed by atoms with Crippen LogP contribution in [0.3, 0.4) is 0 Å². The van der Waals surface area contributed by atoms with Crippen LogP contribution in [0.15, 0.2) is 0 Å². The van der Waals surface area contributed by atoms with E-state index in [2.05, 4.69) is 38.2 Å². The van der Waals surface area contributed by atoms with Crippen LogP contribution in [-0.4, -0.2) is 36.6 Å². The molecule has 0 saturated heterocycles. The first-order valence-corrected chi connectivity index (χ1v) is 7.83. The van der Waals surface area contributed by atoms with Crippen LogP contribution in [0.1, 0.15) is 52.4 Å². The Morgan fingerprint density at radius 3 is 1.89 bits per heavy atom. The standard InChI is InChI=1S/C16H30N2/c1-15(2,17-3)11-18(4)16-8-12-5-13(9-16)7-14(6-12)10-16/h12-14,17H,5-11H2,1-4H3. The molecule has 0 amide bonds. The van der Waals surface area contributed by atoms with Gasteiger partial charge in [-0.25, -0.2) is 0 Å². The zero-order valence-electron chi connectivity index (χ0n) is 12.6. The van der Waals surface area contributed by atoms with Crippen LogP contribution in [0, 0.1) is 17.8 Å². The summed E-state index contributed by atoms with van der Waals surface area (Å²) in [4.78, 5) is 2.72. The fraction of sp³-hybridized carbons (Fsp3) is 1.00. The lowest BCUT2D eigenvalue weighted by Crippen LogP contribution is -2.62. The number of hydrogen-bond donors (Lipinski definition) is 1. The molecule has 1 N–H and O–H groups in total. The largest absolute Gasteiger partial charge is 0.314 e. The van der Waals surface area contributed by atoms with Gasteiger partial charge in [-0.3, -0.25) is 4.90 Å². The fourth-order valence-corrected chi connectivity index (χ4v) is 5.37. The van der Waals surface area contributed by atoms with Gasteiger partial charge in [0.15, 0.2) is 0 Å². The van der Waals surface area contributed by atoms with Crippen molar-refractivity contribution in [3.63, 3.8) is 0 Å². The van der Waals surface area contributed by atoms with Gasteiger partial charge in [-0.2, -0.15) is 0 Å². The Balaban J connectivity index is 1.75. The monoisotopic (exact) mass is 250 g/mol. The Morgan fingerprint density at radius 2 is 1.50 bits per heavy atom. The number of hydrogen-bond acceptors (Lipinski definition) is 2. The lowest BCUT2D eigenvalue weighted by atomic mass is 9.52. The summed E-state index contributed by atoms with van der Waals surface area (Å²) < 4.78 is 0. The molecule has 0 unspecified atom stereocenters. The van der Waals surface area contributed by atoms with E-state index >= 15 is 0 Å². The summed E-state index contributed by atoms with van der Waals surface area (Å²) in [5, 5.41) is 3.46. The van der Waals surface area contributed by atoms with Gasteiger partial charge in [-0.05, 0) is 84.2 Å². The number of likely N-dealkylation sites (N-methyl/N-ethyl adjacent to an activating group) is 2. The predicted octanol–water partition coefficient (Wildman–Crippen LogP) is 2.89. The molecule has 0 aromatic carbocycles. The summed E-state index contributed by atoms with van der Waals surface area (Å²) in [5.74, 6) is 3.16. The molecule has 4 rings (SSSR count). The van der Waals surface area contributed by atoms with Crippen molar-refractivity contribution in [1.29, 1.82) is 0 Å². The van der Waals surface area contributed by atoms with E-state index in [-0.39, 0.29) is 5.54 Å². The van der Waals surface area contributed by atoms with E-state index in [1.165, 1.54) is 25.8 Å². The minimum atomic E-state index is 0.234. The fourth-order valence-electron chi connectivity index (χ4n) is 5.37. The van der Waals surface area contributed by atoms with E-state index in [0.29, 0.717) is 5.54 Å². The Kier molecular flexibility index (Phi) is 3.02. The van der Waals surface area contributed by atoms with Gasteiger partial charge in [0.25, 0.3) is 0 Å². The molecule has 4 saturated carbocycles. The lowest BCUT2D eigenvalue weighted by Gasteiger charge is -2.60. The Morgan fingerprint density at radius 1 is 1.06 bits per heavy atom. The van der Waals surface area contributed by atoms with Gasteiger partial charge in [0.05, 0.1) is 0 Å². The molecule has 2 heteroatoms. The molecule has 0 heterocycles. The minimum absolute atomic E-state index is 0.234. The van der Waals surface area contributed by atoms with Gasteiger partial charge in [0.2, 0.25) is 0 Å². The molecule has 18 heavy (non-hydrogen) atoms. The first-order chi connectivity index (χ1) is 8.42. The van der Waals surface area contributed by atoms with Crippen molar-refractivity contribution in [3.05, 3.63) is 0 Å². The van der Waals surface area contributed by atoms with E-state index in [4.69, 9.17) is 0 Å². The molecule has 0 aromatic rings. The van der Waals surface area contributed by atoms with Gasteiger partial charge < -0.3 is 5.32 Å². The van der Waals surface area contributed by atoms with Gasteiger partial charge in [0, 0.05) is 17.6 Å². The SMILES string of the molecule is CNC(C)(C)CN(C)C12CC3CC(CC(C3)C1)C2. The summed E-state index contributed by atoms with van der Waals surface area (Å²) in [6.45, 7) is 5.82. The molecule has 0 spiro atoms. The predicted molar refractivity (Wildman–Crippen MR) is 76.7 cm³/mol. The highest BCUT2D eigenvalue weighted by Crippen LogP contribution is 2.57. The average molecular weight is 250 g/mol. The van der Waals surface area contributed by atoms with Crippen LogP contribution < -0.4 is 5.32 Å². The van der Waals surface area contributed by atoms with Gasteiger partial charge in [-0.15, -0.1) is 0 Å². The Hall–Kier alpha value is -0.0800. The van der Waals surface area contributed by atoms with Crippen LogP contribution in [0.2, 0.25) is 0 Å². The highest BCUT2D eigenvalue weighted by atomic mass is 15.2. The van der Waals surface area contributed by atoms with Crippen molar-refractivity contribution in [2.45, 2.75) is 63.5 Å². The quantitative estimate of drug-likeness (QED) is 0.825. The van der Waals surface area contributed by atoms with E-state index in [1.54, 1.807) is 19.3 Å². The zero-order chi connectivity index (χ0) is 13.0. The Bertz CT molecular complexity index is 286. The number of nitrogens with zero attached hydrogens (tertiary/aromatic N) is 1. The molecule has 0 aliphatic heterocycles. The normalized spacial score (nSPS) is 42.8. The molecule has 0 radical (unpaired) electrons. The van der Waals surface area contributed by atoms with Crippen LogP contribution >= 0.6 is 0 Å². The number of nitrogens with one attached hydrogen (secondary N) is 1. The van der Waals surface area contributed by atoms with Crippen molar-refractivity contribution in [3.8, 4) is 0 Å². The average Bonchev–Trinajstić information content (AvgIpc) is 2.26. The summed E-state index contributed by atoms with van der Waals surface area (Å²) in [5.41, 5.74) is 0.793. The molecule has 0 atom stereocenters. The third-order valence-electron chi connectivity index (χ3n) is 6.12. The molecule has 4 bridgehead atoms. The van der Waals surface area contributed by atoms with Crippen molar-refractivity contribution < 1.29 is 0 Å². The first kappa shape index (κ1) is 12.9. The maximum atomic E-state index is 3.46. The summed E-state index contributed by atoms with van der Waals surface area (Å²) in [6, 6.07) is 0. The molecular weight excluding hydrogens is 220 g/mol. The second-order valence-electron chi connectivity index (χ2n) is 8.13. The number of rotatable bonds is 4. The van der Waals surface area contributed by atoms with Crippen LogP contribution in [0.5, 0.6) is 0 Å². The zero-order valence-corrected chi connectivity index (χ0v) is 12.6. The van der Waals surface area contributed by atoms with Crippen LogP contribution in [-0.2, 0) is 0 Å².